The lowest BCUT2D eigenvalue weighted by Crippen LogP contribution is -1.94. The molecule has 0 aliphatic rings. The minimum Gasteiger partial charge on any atom is -0.398 e. The summed E-state index contributed by atoms with van der Waals surface area (Å²) in [6, 6.07) is 20.1. The van der Waals surface area contributed by atoms with Gasteiger partial charge in [0, 0.05) is 16.8 Å². The maximum absolute atomic E-state index is 6.02. The molecule has 2 nitrogen and oxygen atoms in total. The van der Waals surface area contributed by atoms with Crippen LogP contribution >= 0.6 is 0 Å². The van der Waals surface area contributed by atoms with Crippen LogP contribution < -0.4 is 11.5 Å². The van der Waals surface area contributed by atoms with Gasteiger partial charge < -0.3 is 11.5 Å². The van der Waals surface area contributed by atoms with Crippen molar-refractivity contribution in [3.63, 3.8) is 0 Å². The molecule has 0 aromatic heterocycles. The molecule has 0 heterocycles. The molecule has 2 heteroatoms. The molecule has 0 saturated heterocycles. The molecule has 3 aromatic carbocycles. The van der Waals surface area contributed by atoms with Gasteiger partial charge >= 0.3 is 0 Å². The molecule has 0 unspecified atom stereocenters. The maximum atomic E-state index is 6.02. The van der Waals surface area contributed by atoms with Crippen molar-refractivity contribution in [2.75, 3.05) is 11.5 Å². The summed E-state index contributed by atoms with van der Waals surface area (Å²) in [7, 11) is 0. The van der Waals surface area contributed by atoms with Crippen molar-refractivity contribution in [3.8, 4) is 11.1 Å². The molecule has 3 aromatic rings. The number of nitrogen functional groups attached to an aromatic ring is 2. The van der Waals surface area contributed by atoms with E-state index in [2.05, 4.69) is 18.2 Å². The highest BCUT2D eigenvalue weighted by Gasteiger charge is 2.07. The maximum Gasteiger partial charge on any atom is 0.0415 e. The van der Waals surface area contributed by atoms with Crippen molar-refractivity contribution in [2.45, 2.75) is 0 Å². The van der Waals surface area contributed by atoms with Crippen LogP contribution in [0.2, 0.25) is 0 Å². The predicted octanol–water partition coefficient (Wildman–Crippen LogP) is 3.67. The molecular formula is C16H14N2. The van der Waals surface area contributed by atoms with Gasteiger partial charge in [-0.25, -0.2) is 0 Å². The number of fused-ring (bicyclic) bond motifs is 1. The lowest BCUT2D eigenvalue weighted by molar-refractivity contribution is 1.64. The summed E-state index contributed by atoms with van der Waals surface area (Å²) in [6.45, 7) is 0. The summed E-state index contributed by atoms with van der Waals surface area (Å²) in [5.41, 5.74) is 15.8. The Kier molecular flexibility index (Phi) is 2.41. The zero-order valence-electron chi connectivity index (χ0n) is 9.93. The highest BCUT2D eigenvalue weighted by atomic mass is 14.6. The third-order valence-electron chi connectivity index (χ3n) is 3.19. The summed E-state index contributed by atoms with van der Waals surface area (Å²) in [4.78, 5) is 0. The Bertz CT molecular complexity index is 695. The van der Waals surface area contributed by atoms with E-state index in [-0.39, 0.29) is 0 Å². The molecule has 0 aliphatic carbocycles. The summed E-state index contributed by atoms with van der Waals surface area (Å²) in [6.07, 6.45) is 0. The Labute approximate surface area is 106 Å². The average Bonchev–Trinajstić information content (AvgIpc) is 2.40. The molecule has 0 radical (unpaired) electrons. The zero-order valence-corrected chi connectivity index (χ0v) is 9.93. The van der Waals surface area contributed by atoms with Crippen LogP contribution in [0.25, 0.3) is 21.9 Å². The second-order valence-corrected chi connectivity index (χ2v) is 4.34. The fourth-order valence-electron chi connectivity index (χ4n) is 2.33. The molecule has 0 aliphatic heterocycles. The van der Waals surface area contributed by atoms with Crippen molar-refractivity contribution in [1.82, 2.24) is 0 Å². The molecular weight excluding hydrogens is 220 g/mol. The first-order valence-corrected chi connectivity index (χ1v) is 5.89. The molecule has 0 spiro atoms. The zero-order chi connectivity index (χ0) is 12.5. The molecule has 18 heavy (non-hydrogen) atoms. The summed E-state index contributed by atoms with van der Waals surface area (Å²) in [5.74, 6) is 0. The van der Waals surface area contributed by atoms with Gasteiger partial charge in [-0.15, -0.1) is 0 Å². The molecule has 88 valence electrons. The van der Waals surface area contributed by atoms with Gasteiger partial charge in [0.25, 0.3) is 0 Å². The van der Waals surface area contributed by atoms with Gasteiger partial charge in [0.2, 0.25) is 0 Å². The van der Waals surface area contributed by atoms with Crippen LogP contribution in [0.4, 0.5) is 11.4 Å². The van der Waals surface area contributed by atoms with E-state index in [4.69, 9.17) is 11.5 Å². The molecule has 0 atom stereocenters. The Morgan fingerprint density at radius 1 is 0.611 bits per heavy atom. The van der Waals surface area contributed by atoms with E-state index in [1.807, 2.05) is 42.5 Å². The van der Waals surface area contributed by atoms with Crippen molar-refractivity contribution in [2.24, 2.45) is 0 Å². The van der Waals surface area contributed by atoms with Crippen LogP contribution in [0.5, 0.6) is 0 Å². The Morgan fingerprint density at radius 2 is 1.33 bits per heavy atom. The molecule has 4 N–H and O–H groups in total. The average molecular weight is 234 g/mol. The van der Waals surface area contributed by atoms with Gasteiger partial charge in [-0.05, 0) is 28.6 Å². The minimum absolute atomic E-state index is 0.725. The predicted molar refractivity (Wildman–Crippen MR) is 78.2 cm³/mol. The van der Waals surface area contributed by atoms with Gasteiger partial charge in [0.1, 0.15) is 0 Å². The quantitative estimate of drug-likeness (QED) is 0.631. The Balaban J connectivity index is 2.39. The number of rotatable bonds is 1. The van der Waals surface area contributed by atoms with Crippen molar-refractivity contribution in [3.05, 3.63) is 60.7 Å². The number of hydrogen-bond donors (Lipinski definition) is 2. The lowest BCUT2D eigenvalue weighted by Gasteiger charge is -2.11. The van der Waals surface area contributed by atoms with Gasteiger partial charge in [0.15, 0.2) is 0 Å². The van der Waals surface area contributed by atoms with Gasteiger partial charge in [-0.3, -0.25) is 0 Å². The van der Waals surface area contributed by atoms with E-state index in [0.29, 0.717) is 0 Å². The van der Waals surface area contributed by atoms with E-state index in [1.165, 1.54) is 5.56 Å². The van der Waals surface area contributed by atoms with E-state index < -0.39 is 0 Å². The third kappa shape index (κ3) is 1.59. The van der Waals surface area contributed by atoms with E-state index in [1.54, 1.807) is 0 Å². The number of benzene rings is 3. The summed E-state index contributed by atoms with van der Waals surface area (Å²) < 4.78 is 0. The first kappa shape index (κ1) is 10.7. The van der Waals surface area contributed by atoms with E-state index >= 15 is 0 Å². The van der Waals surface area contributed by atoms with Gasteiger partial charge in [0.05, 0.1) is 0 Å². The smallest absolute Gasteiger partial charge is 0.0415 e. The van der Waals surface area contributed by atoms with Gasteiger partial charge in [-0.2, -0.15) is 0 Å². The molecule has 3 rings (SSSR count). The standard InChI is InChI=1S/C16H14N2/c17-14-8-4-7-13-12(9-10-15(18)16(13)14)11-5-2-1-3-6-11/h1-10H,17-18H2. The van der Waals surface area contributed by atoms with Crippen molar-refractivity contribution >= 4 is 22.1 Å². The van der Waals surface area contributed by atoms with Crippen LogP contribution in [0.15, 0.2) is 60.7 Å². The fourth-order valence-corrected chi connectivity index (χ4v) is 2.33. The topological polar surface area (TPSA) is 52.0 Å². The first-order valence-electron chi connectivity index (χ1n) is 5.89. The van der Waals surface area contributed by atoms with Crippen molar-refractivity contribution in [1.29, 1.82) is 0 Å². The van der Waals surface area contributed by atoms with Crippen molar-refractivity contribution < 1.29 is 0 Å². The lowest BCUT2D eigenvalue weighted by atomic mass is 9.96. The normalized spacial score (nSPS) is 10.7. The Morgan fingerprint density at radius 3 is 2.11 bits per heavy atom. The molecule has 0 fully saturated rings. The Hall–Kier alpha value is -2.48. The second kappa shape index (κ2) is 4.08. The van der Waals surface area contributed by atoms with Crippen LogP contribution in [0.3, 0.4) is 0 Å². The minimum atomic E-state index is 0.725. The summed E-state index contributed by atoms with van der Waals surface area (Å²) >= 11 is 0. The number of nitrogens with two attached hydrogens (primary N) is 2. The SMILES string of the molecule is Nc1cccc2c(-c3ccccc3)ccc(N)c12. The molecule has 0 bridgehead atoms. The number of anilines is 2. The van der Waals surface area contributed by atoms with Crippen LogP contribution in [0.1, 0.15) is 0 Å². The molecule has 0 saturated carbocycles. The molecule has 0 amide bonds. The van der Waals surface area contributed by atoms with E-state index in [9.17, 15) is 0 Å². The first-order chi connectivity index (χ1) is 8.77. The largest absolute Gasteiger partial charge is 0.398 e. The van der Waals surface area contributed by atoms with Crippen LogP contribution in [0, 0.1) is 0 Å². The fraction of sp³-hybridized carbons (Fsp3) is 0. The second-order valence-electron chi connectivity index (χ2n) is 4.34. The van der Waals surface area contributed by atoms with Crippen LogP contribution in [-0.2, 0) is 0 Å². The van der Waals surface area contributed by atoms with E-state index in [0.717, 1.165) is 27.7 Å². The highest BCUT2D eigenvalue weighted by Crippen LogP contribution is 2.34. The highest BCUT2D eigenvalue weighted by molar-refractivity contribution is 6.08. The van der Waals surface area contributed by atoms with Crippen LogP contribution in [-0.4, -0.2) is 0 Å². The monoisotopic (exact) mass is 234 g/mol. The number of hydrogen-bond acceptors (Lipinski definition) is 2. The third-order valence-corrected chi connectivity index (χ3v) is 3.19. The van der Waals surface area contributed by atoms with Gasteiger partial charge in [-0.1, -0.05) is 48.5 Å². The summed E-state index contributed by atoms with van der Waals surface area (Å²) in [5, 5.41) is 2.04.